The van der Waals surface area contributed by atoms with Crippen LogP contribution in [0.2, 0.25) is 5.15 Å². The molecule has 0 spiro atoms. The highest BCUT2D eigenvalue weighted by Crippen LogP contribution is 2.34. The Labute approximate surface area is 117 Å². The minimum Gasteiger partial charge on any atom is -0.375 e. The van der Waals surface area contributed by atoms with Crippen LogP contribution in [0.1, 0.15) is 19.3 Å². The molecule has 1 aliphatic carbocycles. The highest BCUT2D eigenvalue weighted by atomic mass is 35.5. The van der Waals surface area contributed by atoms with Crippen LogP contribution in [0.5, 0.6) is 0 Å². The predicted octanol–water partition coefficient (Wildman–Crippen LogP) is 1.68. The molecule has 3 rings (SSSR count). The molecule has 1 saturated carbocycles. The Kier molecular flexibility index (Phi) is 3.51. The quantitative estimate of drug-likeness (QED) is 0.780. The van der Waals surface area contributed by atoms with Gasteiger partial charge < -0.3 is 4.74 Å². The summed E-state index contributed by atoms with van der Waals surface area (Å²) in [7, 11) is -3.59. The highest BCUT2D eigenvalue weighted by molar-refractivity contribution is 7.89. The van der Waals surface area contributed by atoms with E-state index in [1.807, 2.05) is 0 Å². The molecule has 1 aromatic heterocycles. The Hall–Kier alpha value is -0.690. The molecule has 0 amide bonds. The third-order valence-electron chi connectivity index (χ3n) is 3.74. The molecule has 1 saturated heterocycles. The summed E-state index contributed by atoms with van der Waals surface area (Å²) in [4.78, 5) is 3.94. The molecule has 2 aliphatic rings. The number of pyridine rings is 1. The van der Waals surface area contributed by atoms with E-state index >= 15 is 0 Å². The van der Waals surface area contributed by atoms with Gasteiger partial charge >= 0.3 is 0 Å². The molecule has 2 unspecified atom stereocenters. The number of halogens is 1. The van der Waals surface area contributed by atoms with Crippen molar-refractivity contribution in [1.29, 1.82) is 0 Å². The van der Waals surface area contributed by atoms with E-state index in [4.69, 9.17) is 16.3 Å². The van der Waals surface area contributed by atoms with Crippen LogP contribution in [0.4, 0.5) is 0 Å². The Morgan fingerprint density at radius 2 is 2.26 bits per heavy atom. The number of morpholine rings is 1. The first-order chi connectivity index (χ1) is 9.10. The minimum atomic E-state index is -3.59. The van der Waals surface area contributed by atoms with Crippen LogP contribution in [0, 0.1) is 0 Å². The van der Waals surface area contributed by atoms with E-state index in [2.05, 4.69) is 4.98 Å². The van der Waals surface area contributed by atoms with Gasteiger partial charge in [0.2, 0.25) is 10.0 Å². The number of fused-ring (bicyclic) bond motifs is 1. The Bertz CT molecular complexity index is 578. The van der Waals surface area contributed by atoms with Crippen LogP contribution < -0.4 is 0 Å². The number of hydrogen-bond acceptors (Lipinski definition) is 4. The smallest absolute Gasteiger partial charge is 0.246 e. The van der Waals surface area contributed by atoms with Gasteiger partial charge in [-0.3, -0.25) is 0 Å². The minimum absolute atomic E-state index is 0.0268. The van der Waals surface area contributed by atoms with E-state index in [-0.39, 0.29) is 22.2 Å². The fourth-order valence-electron chi connectivity index (χ4n) is 2.88. The van der Waals surface area contributed by atoms with Crippen molar-refractivity contribution in [2.45, 2.75) is 36.3 Å². The lowest BCUT2D eigenvalue weighted by Gasteiger charge is -2.36. The van der Waals surface area contributed by atoms with Gasteiger partial charge in [-0.15, -0.1) is 0 Å². The van der Waals surface area contributed by atoms with Gasteiger partial charge in [0.1, 0.15) is 10.0 Å². The summed E-state index contributed by atoms with van der Waals surface area (Å²) >= 11 is 5.92. The first kappa shape index (κ1) is 13.3. The number of ether oxygens (including phenoxy) is 1. The second-order valence-electron chi connectivity index (χ2n) is 4.82. The molecule has 0 N–H and O–H groups in total. The van der Waals surface area contributed by atoms with Gasteiger partial charge in [-0.25, -0.2) is 13.4 Å². The van der Waals surface area contributed by atoms with E-state index in [0.717, 1.165) is 19.3 Å². The standard InChI is InChI=1S/C12H15ClN2O3S/c13-12-11(5-2-6-14-12)19(16,17)15-7-8-18-10-4-1-3-9(10)15/h2,5-6,9-10H,1,3-4,7-8H2. The summed E-state index contributed by atoms with van der Waals surface area (Å²) in [6.07, 6.45) is 4.29. The fourth-order valence-corrected chi connectivity index (χ4v) is 4.97. The molecule has 0 aromatic carbocycles. The number of sulfonamides is 1. The first-order valence-electron chi connectivity index (χ1n) is 6.34. The average molecular weight is 303 g/mol. The molecular formula is C12H15ClN2O3S. The van der Waals surface area contributed by atoms with Crippen molar-refractivity contribution < 1.29 is 13.2 Å². The first-order valence-corrected chi connectivity index (χ1v) is 8.16. The van der Waals surface area contributed by atoms with E-state index in [0.29, 0.717) is 13.2 Å². The molecular weight excluding hydrogens is 288 g/mol. The molecule has 5 nitrogen and oxygen atoms in total. The molecule has 1 aromatic rings. The van der Waals surface area contributed by atoms with Crippen molar-refractivity contribution in [2.75, 3.05) is 13.2 Å². The van der Waals surface area contributed by atoms with Gasteiger partial charge in [-0.1, -0.05) is 11.6 Å². The van der Waals surface area contributed by atoms with Crippen molar-refractivity contribution in [2.24, 2.45) is 0 Å². The summed E-state index contributed by atoms with van der Waals surface area (Å²) < 4.78 is 32.6. The number of rotatable bonds is 2. The van der Waals surface area contributed by atoms with Gasteiger partial charge in [-0.05, 0) is 31.4 Å². The van der Waals surface area contributed by atoms with Crippen LogP contribution in [-0.2, 0) is 14.8 Å². The zero-order valence-corrected chi connectivity index (χ0v) is 11.9. The highest BCUT2D eigenvalue weighted by Gasteiger charge is 2.42. The van der Waals surface area contributed by atoms with Crippen molar-refractivity contribution in [3.8, 4) is 0 Å². The van der Waals surface area contributed by atoms with Crippen LogP contribution in [0.15, 0.2) is 23.2 Å². The zero-order valence-electron chi connectivity index (χ0n) is 10.3. The van der Waals surface area contributed by atoms with Crippen molar-refractivity contribution in [3.05, 3.63) is 23.5 Å². The van der Waals surface area contributed by atoms with Gasteiger partial charge in [0.25, 0.3) is 0 Å². The molecule has 1 aliphatic heterocycles. The number of hydrogen-bond donors (Lipinski definition) is 0. The summed E-state index contributed by atoms with van der Waals surface area (Å²) in [6.45, 7) is 0.826. The summed E-state index contributed by atoms with van der Waals surface area (Å²) in [5.74, 6) is 0. The maximum atomic E-state index is 12.7. The van der Waals surface area contributed by atoms with Gasteiger partial charge in [0.15, 0.2) is 0 Å². The van der Waals surface area contributed by atoms with Gasteiger partial charge in [0.05, 0.1) is 18.8 Å². The summed E-state index contributed by atoms with van der Waals surface area (Å²) in [5, 5.41) is 0.0311. The van der Waals surface area contributed by atoms with Crippen LogP contribution in [0.25, 0.3) is 0 Å². The Balaban J connectivity index is 1.98. The van der Waals surface area contributed by atoms with Crippen LogP contribution >= 0.6 is 11.6 Å². The van der Waals surface area contributed by atoms with Crippen LogP contribution in [0.3, 0.4) is 0 Å². The van der Waals surface area contributed by atoms with Gasteiger partial charge in [0, 0.05) is 12.7 Å². The molecule has 104 valence electrons. The molecule has 2 atom stereocenters. The monoisotopic (exact) mass is 302 g/mol. The molecule has 2 fully saturated rings. The Morgan fingerprint density at radius 3 is 3.05 bits per heavy atom. The third-order valence-corrected chi connectivity index (χ3v) is 6.11. The molecule has 2 heterocycles. The molecule has 19 heavy (non-hydrogen) atoms. The lowest BCUT2D eigenvalue weighted by Crippen LogP contribution is -2.51. The normalized spacial score (nSPS) is 28.3. The average Bonchev–Trinajstić information content (AvgIpc) is 2.86. The molecule has 0 bridgehead atoms. The fraction of sp³-hybridized carbons (Fsp3) is 0.583. The summed E-state index contributed by atoms with van der Waals surface area (Å²) in [5.41, 5.74) is 0. The topological polar surface area (TPSA) is 59.5 Å². The zero-order chi connectivity index (χ0) is 13.5. The maximum absolute atomic E-state index is 12.7. The lowest BCUT2D eigenvalue weighted by atomic mass is 10.2. The Morgan fingerprint density at radius 1 is 1.42 bits per heavy atom. The second-order valence-corrected chi connectivity index (χ2v) is 7.03. The molecule has 7 heteroatoms. The van der Waals surface area contributed by atoms with E-state index in [1.54, 1.807) is 6.07 Å². The largest absolute Gasteiger partial charge is 0.375 e. The molecule has 0 radical (unpaired) electrons. The van der Waals surface area contributed by atoms with Crippen molar-refractivity contribution >= 4 is 21.6 Å². The van der Waals surface area contributed by atoms with E-state index < -0.39 is 10.0 Å². The third kappa shape index (κ3) is 2.27. The predicted molar refractivity (Wildman–Crippen MR) is 70.5 cm³/mol. The maximum Gasteiger partial charge on any atom is 0.246 e. The van der Waals surface area contributed by atoms with Crippen molar-refractivity contribution in [1.82, 2.24) is 9.29 Å². The van der Waals surface area contributed by atoms with Crippen molar-refractivity contribution in [3.63, 3.8) is 0 Å². The van der Waals surface area contributed by atoms with Crippen LogP contribution in [-0.4, -0.2) is 43.0 Å². The van der Waals surface area contributed by atoms with E-state index in [1.165, 1.54) is 16.6 Å². The van der Waals surface area contributed by atoms with Gasteiger partial charge in [-0.2, -0.15) is 4.31 Å². The summed E-state index contributed by atoms with van der Waals surface area (Å²) in [6, 6.07) is 3.03. The number of aromatic nitrogens is 1. The number of nitrogens with zero attached hydrogens (tertiary/aromatic N) is 2. The second kappa shape index (κ2) is 5.01. The SMILES string of the molecule is O=S(=O)(c1cccnc1Cl)N1CCOC2CCCC21. The van der Waals surface area contributed by atoms with E-state index in [9.17, 15) is 8.42 Å². The lowest BCUT2D eigenvalue weighted by molar-refractivity contribution is -0.0241.